The van der Waals surface area contributed by atoms with Gasteiger partial charge in [0.05, 0.1) is 30.5 Å². The highest BCUT2D eigenvalue weighted by Gasteiger charge is 2.33. The third kappa shape index (κ3) is 4.30. The number of furan rings is 1. The number of aryl methyl sites for hydroxylation is 1. The van der Waals surface area contributed by atoms with Crippen molar-refractivity contribution in [2.45, 2.75) is 13.5 Å². The topological polar surface area (TPSA) is 60.5 Å². The van der Waals surface area contributed by atoms with Crippen molar-refractivity contribution in [3.8, 4) is 22.7 Å². The van der Waals surface area contributed by atoms with Crippen molar-refractivity contribution in [1.82, 2.24) is 14.7 Å². The van der Waals surface area contributed by atoms with Crippen LogP contribution in [0.15, 0.2) is 82.4 Å². The standard InChI is InChI=1S/C26H21N3O3S2/c1-17-13-20(31-2)10-11-22(17)24-18(15-29(27-24)19-7-4-3-5-8-19)14-23-25(30)28(26(33)34-23)16-21-9-6-12-32-21/h3-15H,16H2,1-2H3/b23-14-. The van der Waals surface area contributed by atoms with Gasteiger partial charge in [-0.1, -0.05) is 42.2 Å². The maximum atomic E-state index is 13.2. The molecule has 8 heteroatoms. The van der Waals surface area contributed by atoms with Gasteiger partial charge in [0, 0.05) is 17.3 Å². The number of thioether (sulfide) groups is 1. The van der Waals surface area contributed by atoms with Crippen molar-refractivity contribution in [1.29, 1.82) is 0 Å². The maximum absolute atomic E-state index is 13.2. The zero-order chi connectivity index (χ0) is 23.7. The lowest BCUT2D eigenvalue weighted by Gasteiger charge is -2.12. The minimum Gasteiger partial charge on any atom is -0.497 e. The molecule has 4 aromatic rings. The second-order valence-electron chi connectivity index (χ2n) is 7.74. The molecule has 0 N–H and O–H groups in total. The van der Waals surface area contributed by atoms with Crippen LogP contribution in [0.25, 0.3) is 23.0 Å². The number of carbonyl (C=O) groups is 1. The molecular formula is C26H21N3O3S2. The Balaban J connectivity index is 1.56. The van der Waals surface area contributed by atoms with Crippen LogP contribution in [-0.4, -0.2) is 32.0 Å². The molecular weight excluding hydrogens is 466 g/mol. The summed E-state index contributed by atoms with van der Waals surface area (Å²) in [7, 11) is 1.65. The number of benzene rings is 2. The van der Waals surface area contributed by atoms with E-state index in [4.69, 9.17) is 26.5 Å². The largest absolute Gasteiger partial charge is 0.497 e. The lowest BCUT2D eigenvalue weighted by atomic mass is 10.0. The number of nitrogens with zero attached hydrogens (tertiary/aromatic N) is 3. The van der Waals surface area contributed by atoms with Crippen LogP contribution in [0, 0.1) is 6.92 Å². The zero-order valence-corrected chi connectivity index (χ0v) is 20.2. The van der Waals surface area contributed by atoms with Gasteiger partial charge in [0.2, 0.25) is 0 Å². The van der Waals surface area contributed by atoms with E-state index in [0.29, 0.717) is 21.5 Å². The smallest absolute Gasteiger partial charge is 0.266 e. The molecule has 0 unspecified atom stereocenters. The van der Waals surface area contributed by atoms with Crippen molar-refractivity contribution in [3.05, 3.63) is 94.9 Å². The van der Waals surface area contributed by atoms with Gasteiger partial charge < -0.3 is 9.15 Å². The molecule has 170 valence electrons. The summed E-state index contributed by atoms with van der Waals surface area (Å²) in [6.45, 7) is 2.33. The molecule has 1 saturated heterocycles. The molecule has 2 aromatic heterocycles. The molecule has 1 aliphatic heterocycles. The Labute approximate surface area is 206 Å². The first-order valence-corrected chi connectivity index (χ1v) is 11.8. The van der Waals surface area contributed by atoms with Crippen molar-refractivity contribution in [2.24, 2.45) is 0 Å². The fourth-order valence-electron chi connectivity index (χ4n) is 3.78. The van der Waals surface area contributed by atoms with Crippen molar-refractivity contribution in [2.75, 3.05) is 7.11 Å². The van der Waals surface area contributed by atoms with E-state index in [1.165, 1.54) is 11.8 Å². The lowest BCUT2D eigenvalue weighted by molar-refractivity contribution is -0.122. The molecule has 3 heterocycles. The Kier molecular flexibility index (Phi) is 6.08. The highest BCUT2D eigenvalue weighted by Crippen LogP contribution is 2.36. The van der Waals surface area contributed by atoms with E-state index >= 15 is 0 Å². The number of rotatable bonds is 6. The van der Waals surface area contributed by atoms with Gasteiger partial charge >= 0.3 is 0 Å². The molecule has 0 aliphatic carbocycles. The number of thiocarbonyl (C=S) groups is 1. The summed E-state index contributed by atoms with van der Waals surface area (Å²) in [6.07, 6.45) is 5.39. The molecule has 0 spiro atoms. The second kappa shape index (κ2) is 9.32. The number of aromatic nitrogens is 2. The summed E-state index contributed by atoms with van der Waals surface area (Å²) in [5, 5.41) is 4.88. The minimum atomic E-state index is -0.142. The molecule has 0 saturated carbocycles. The van der Waals surface area contributed by atoms with Gasteiger partial charge in [-0.05, 0) is 61.0 Å². The average Bonchev–Trinajstić information content (AvgIpc) is 3.57. The molecule has 1 aliphatic rings. The van der Waals surface area contributed by atoms with Crippen LogP contribution in [0.4, 0.5) is 0 Å². The van der Waals surface area contributed by atoms with E-state index in [2.05, 4.69) is 0 Å². The molecule has 0 atom stereocenters. The van der Waals surface area contributed by atoms with Crippen LogP contribution < -0.4 is 4.74 Å². The molecule has 0 bridgehead atoms. The summed E-state index contributed by atoms with van der Waals surface area (Å²) >= 11 is 6.78. The molecule has 2 aromatic carbocycles. The summed E-state index contributed by atoms with van der Waals surface area (Å²) in [5.74, 6) is 1.32. The van der Waals surface area contributed by atoms with Crippen LogP contribution >= 0.6 is 24.0 Å². The monoisotopic (exact) mass is 487 g/mol. The number of methoxy groups -OCH3 is 1. The first-order valence-electron chi connectivity index (χ1n) is 10.6. The Morgan fingerprint density at radius 3 is 2.68 bits per heavy atom. The highest BCUT2D eigenvalue weighted by atomic mass is 32.2. The molecule has 1 fully saturated rings. The van der Waals surface area contributed by atoms with Gasteiger partial charge in [0.1, 0.15) is 21.5 Å². The third-order valence-electron chi connectivity index (χ3n) is 5.51. The van der Waals surface area contributed by atoms with E-state index in [-0.39, 0.29) is 5.91 Å². The predicted molar refractivity (Wildman–Crippen MR) is 138 cm³/mol. The van der Waals surface area contributed by atoms with Gasteiger partial charge in [-0.15, -0.1) is 0 Å². The lowest BCUT2D eigenvalue weighted by Crippen LogP contribution is -2.27. The van der Waals surface area contributed by atoms with Crippen LogP contribution in [0.1, 0.15) is 16.9 Å². The van der Waals surface area contributed by atoms with Crippen molar-refractivity contribution < 1.29 is 13.9 Å². The van der Waals surface area contributed by atoms with E-state index in [0.717, 1.165) is 33.8 Å². The Bertz CT molecular complexity index is 1390. The van der Waals surface area contributed by atoms with Gasteiger partial charge in [0.15, 0.2) is 0 Å². The van der Waals surface area contributed by atoms with Crippen LogP contribution in [-0.2, 0) is 11.3 Å². The molecule has 5 rings (SSSR count). The Morgan fingerprint density at radius 1 is 1.15 bits per heavy atom. The van der Waals surface area contributed by atoms with E-state index in [9.17, 15) is 4.79 Å². The fraction of sp³-hybridized carbons (Fsp3) is 0.115. The summed E-state index contributed by atoms with van der Waals surface area (Å²) < 4.78 is 13.1. The van der Waals surface area contributed by atoms with Crippen LogP contribution in [0.2, 0.25) is 0 Å². The Hall–Kier alpha value is -3.62. The van der Waals surface area contributed by atoms with Crippen LogP contribution in [0.3, 0.4) is 0 Å². The maximum Gasteiger partial charge on any atom is 0.266 e. The number of ether oxygens (including phenoxy) is 1. The van der Waals surface area contributed by atoms with E-state index < -0.39 is 0 Å². The normalized spacial score (nSPS) is 14.9. The number of para-hydroxylation sites is 1. The Morgan fingerprint density at radius 2 is 1.97 bits per heavy atom. The van der Waals surface area contributed by atoms with Crippen molar-refractivity contribution >= 4 is 40.3 Å². The summed E-state index contributed by atoms with van der Waals surface area (Å²) in [4.78, 5) is 15.3. The van der Waals surface area contributed by atoms with Gasteiger partial charge in [-0.2, -0.15) is 5.10 Å². The van der Waals surface area contributed by atoms with E-state index in [1.54, 1.807) is 24.3 Å². The second-order valence-corrected chi connectivity index (χ2v) is 9.42. The molecule has 34 heavy (non-hydrogen) atoms. The first kappa shape index (κ1) is 22.2. The van der Waals surface area contributed by atoms with Gasteiger partial charge in [-0.25, -0.2) is 4.68 Å². The number of amides is 1. The van der Waals surface area contributed by atoms with Gasteiger partial charge in [-0.3, -0.25) is 9.69 Å². The van der Waals surface area contributed by atoms with Gasteiger partial charge in [0.25, 0.3) is 5.91 Å². The summed E-state index contributed by atoms with van der Waals surface area (Å²) in [6, 6.07) is 19.4. The van der Waals surface area contributed by atoms with Crippen LogP contribution in [0.5, 0.6) is 5.75 Å². The SMILES string of the molecule is COc1ccc(-c2nn(-c3ccccc3)cc2/C=C2\SC(=S)N(Cc3ccco3)C2=O)c(C)c1. The highest BCUT2D eigenvalue weighted by molar-refractivity contribution is 8.26. The minimum absolute atomic E-state index is 0.142. The quantitative estimate of drug-likeness (QED) is 0.251. The van der Waals surface area contributed by atoms with Crippen molar-refractivity contribution in [3.63, 3.8) is 0 Å². The average molecular weight is 488 g/mol. The van der Waals surface area contributed by atoms with E-state index in [1.807, 2.05) is 78.5 Å². The summed E-state index contributed by atoms with van der Waals surface area (Å²) in [5.41, 5.74) is 4.53. The molecule has 6 nitrogen and oxygen atoms in total. The molecule has 1 amide bonds. The zero-order valence-electron chi connectivity index (χ0n) is 18.6. The predicted octanol–water partition coefficient (Wildman–Crippen LogP) is 5.85. The molecule has 0 radical (unpaired) electrons. The number of hydrogen-bond acceptors (Lipinski definition) is 6. The third-order valence-corrected chi connectivity index (χ3v) is 6.88. The number of hydrogen-bond donors (Lipinski definition) is 0. The fourth-order valence-corrected chi connectivity index (χ4v) is 5.03. The first-order chi connectivity index (χ1) is 16.5. The number of carbonyl (C=O) groups excluding carboxylic acids is 1.